The van der Waals surface area contributed by atoms with Gasteiger partial charge in [-0.3, -0.25) is 0 Å². The fraction of sp³-hybridized carbons (Fsp3) is 0.195. The number of nitrogens with zero attached hydrogens (tertiary/aromatic N) is 3. The Bertz CT molecular complexity index is 2240. The van der Waals surface area contributed by atoms with Crippen LogP contribution in [0.15, 0.2) is 114 Å². The van der Waals surface area contributed by atoms with Crippen molar-refractivity contribution in [3.63, 3.8) is 0 Å². The molecule has 7 rings (SSSR count). The van der Waals surface area contributed by atoms with Gasteiger partial charge in [0.2, 0.25) is 5.71 Å². The summed E-state index contributed by atoms with van der Waals surface area (Å²) in [7, 11) is 0. The maximum Gasteiger partial charge on any atom is 0.216 e. The van der Waals surface area contributed by atoms with Crippen molar-refractivity contribution in [1.82, 2.24) is 15.0 Å². The van der Waals surface area contributed by atoms with E-state index in [9.17, 15) is 0 Å². The van der Waals surface area contributed by atoms with Gasteiger partial charge in [0, 0.05) is 50.4 Å². The summed E-state index contributed by atoms with van der Waals surface area (Å²) in [5.74, 6) is 0. The van der Waals surface area contributed by atoms with E-state index in [1.54, 1.807) is 18.3 Å². The monoisotopic (exact) mass is 785 g/mol. The number of benzene rings is 3. The molecule has 0 bridgehead atoms. The van der Waals surface area contributed by atoms with Crippen LogP contribution in [0.2, 0.25) is 0 Å². The van der Waals surface area contributed by atoms with Gasteiger partial charge in [0.25, 0.3) is 0 Å². The van der Waals surface area contributed by atoms with E-state index in [0.717, 1.165) is 27.8 Å². The summed E-state index contributed by atoms with van der Waals surface area (Å²) in [5, 5.41) is 1.50. The van der Waals surface area contributed by atoms with Crippen molar-refractivity contribution in [2.75, 3.05) is 0 Å². The summed E-state index contributed by atoms with van der Waals surface area (Å²) >= 11 is 0. The van der Waals surface area contributed by atoms with Crippen LogP contribution in [0.1, 0.15) is 55.6 Å². The van der Waals surface area contributed by atoms with Gasteiger partial charge in [-0.05, 0) is 78.3 Å². The van der Waals surface area contributed by atoms with Crippen molar-refractivity contribution in [2.24, 2.45) is 0 Å². The Morgan fingerprint density at radius 3 is 2.39 bits per heavy atom. The van der Waals surface area contributed by atoms with Crippen LogP contribution in [-0.4, -0.2) is 15.0 Å². The van der Waals surface area contributed by atoms with Crippen LogP contribution in [0, 0.1) is 25.9 Å². The average molecular weight is 785 g/mol. The molecule has 0 unspecified atom stereocenters. The Labute approximate surface area is 292 Å². The predicted molar refractivity (Wildman–Crippen MR) is 184 cm³/mol. The molecule has 1 radical (unpaired) electrons. The van der Waals surface area contributed by atoms with Crippen molar-refractivity contribution < 1.29 is 31.4 Å². The second-order valence-electron chi connectivity index (χ2n) is 12.0. The first-order valence-electron chi connectivity index (χ1n) is 17.4. The smallest absolute Gasteiger partial charge is 0.216 e. The van der Waals surface area contributed by atoms with Gasteiger partial charge >= 0.3 is 0 Å². The third-order valence-electron chi connectivity index (χ3n) is 7.52. The first-order chi connectivity index (χ1) is 23.7. The summed E-state index contributed by atoms with van der Waals surface area (Å²) in [6.45, 7) is 6.11. The zero-order chi connectivity index (χ0) is 35.7. The first-order valence-corrected chi connectivity index (χ1v) is 14.9. The second-order valence-corrected chi connectivity index (χ2v) is 12.0. The first kappa shape index (κ1) is 26.7. The molecule has 5 heteroatoms. The van der Waals surface area contributed by atoms with Gasteiger partial charge in [-0.25, -0.2) is 4.98 Å². The van der Waals surface area contributed by atoms with E-state index in [1.807, 2.05) is 85.9 Å². The predicted octanol–water partition coefficient (Wildman–Crippen LogP) is 10.1. The number of rotatable bonds is 5. The molecule has 4 aromatic heterocycles. The summed E-state index contributed by atoms with van der Waals surface area (Å²) in [5.41, 5.74) is 7.72. The van der Waals surface area contributed by atoms with Crippen LogP contribution < -0.4 is 0 Å². The molecule has 0 aliphatic heterocycles. The minimum atomic E-state index is -2.33. The SMILES string of the molecule is Cc1ccc(-c2[c-]cccc2)nc1.[2H]C([2H])([2H])c1ccc2c(n1)oc1c(-c3cc(CC([2H])([2H])c4ccc(C(C)(C)C)cc4)ccn3)[c-]ccc12.[Ir]. The van der Waals surface area contributed by atoms with Crippen LogP contribution in [0.3, 0.4) is 0 Å². The minimum Gasteiger partial charge on any atom is -0.486 e. The maximum absolute atomic E-state index is 8.75. The molecule has 233 valence electrons. The van der Waals surface area contributed by atoms with E-state index in [4.69, 9.17) is 11.3 Å². The quantitative estimate of drug-likeness (QED) is 0.163. The third kappa shape index (κ3) is 7.67. The van der Waals surface area contributed by atoms with Crippen LogP contribution in [0.5, 0.6) is 0 Å². The second kappa shape index (κ2) is 14.3. The summed E-state index contributed by atoms with van der Waals surface area (Å²) < 4.78 is 46.4. The molecule has 0 aliphatic carbocycles. The van der Waals surface area contributed by atoms with E-state index < -0.39 is 13.2 Å². The van der Waals surface area contributed by atoms with Gasteiger partial charge < -0.3 is 14.4 Å². The van der Waals surface area contributed by atoms with Crippen LogP contribution in [-0.2, 0) is 38.3 Å². The number of pyridine rings is 3. The van der Waals surface area contributed by atoms with Crippen LogP contribution in [0.25, 0.3) is 44.6 Å². The molecule has 0 saturated carbocycles. The summed E-state index contributed by atoms with van der Waals surface area (Å²) in [6.07, 6.45) is 2.14. The van der Waals surface area contributed by atoms with Crippen molar-refractivity contribution in [3.8, 4) is 22.5 Å². The van der Waals surface area contributed by atoms with Gasteiger partial charge in [0.15, 0.2) is 0 Å². The van der Waals surface area contributed by atoms with E-state index in [2.05, 4.69) is 53.9 Å². The zero-order valence-electron chi connectivity index (χ0n) is 31.2. The normalized spacial score (nSPS) is 13.3. The number of hydrogen-bond donors (Lipinski definition) is 0. The minimum absolute atomic E-state index is 0. The average Bonchev–Trinajstić information content (AvgIpc) is 3.47. The van der Waals surface area contributed by atoms with Crippen molar-refractivity contribution in [3.05, 3.63) is 150 Å². The third-order valence-corrected chi connectivity index (χ3v) is 7.52. The number of furan rings is 1. The van der Waals surface area contributed by atoms with Crippen molar-refractivity contribution in [1.29, 1.82) is 0 Å². The Morgan fingerprint density at radius 1 is 0.826 bits per heavy atom. The summed E-state index contributed by atoms with van der Waals surface area (Å²) in [4.78, 5) is 13.0. The summed E-state index contributed by atoms with van der Waals surface area (Å²) in [6, 6.07) is 36.5. The molecule has 4 nitrogen and oxygen atoms in total. The van der Waals surface area contributed by atoms with E-state index in [0.29, 0.717) is 27.8 Å². The molecule has 0 fully saturated rings. The van der Waals surface area contributed by atoms with Crippen LogP contribution in [0.4, 0.5) is 0 Å². The van der Waals surface area contributed by atoms with E-state index in [-0.39, 0.29) is 43.3 Å². The number of aromatic nitrogens is 3. The van der Waals surface area contributed by atoms with E-state index >= 15 is 0 Å². The van der Waals surface area contributed by atoms with Gasteiger partial charge in [-0.1, -0.05) is 79.7 Å². The maximum atomic E-state index is 8.75. The Morgan fingerprint density at radius 2 is 1.67 bits per heavy atom. The number of fused-ring (bicyclic) bond motifs is 3. The molecule has 0 aliphatic rings. The van der Waals surface area contributed by atoms with Gasteiger partial charge in [0.1, 0.15) is 0 Å². The Balaban J connectivity index is 0.000000302. The topological polar surface area (TPSA) is 51.8 Å². The van der Waals surface area contributed by atoms with Crippen LogP contribution >= 0.6 is 0 Å². The molecule has 7 aromatic rings. The molecule has 0 N–H and O–H groups in total. The fourth-order valence-corrected chi connectivity index (χ4v) is 5.01. The molecular formula is C41H37IrN3O-2. The standard InChI is InChI=1S/C29H27N2O.C12H10N.Ir/c1-19-8-15-24-23-6-5-7-25(27(23)32-28(24)31-19)26-18-21(16-17-30-26)10-9-20-11-13-22(14-12-20)29(2,3)4;1-10-7-8-12(13-9-10)11-5-3-2-4-6-11;/h5-6,8,11-18H,9-10H2,1-4H3;2-5,7-9H,1H3;/q2*-1;/i1D3,9D2;;. The molecule has 46 heavy (non-hydrogen) atoms. The molecule has 0 amide bonds. The molecule has 0 atom stereocenters. The zero-order valence-corrected chi connectivity index (χ0v) is 28.6. The molecular weight excluding hydrogens is 743 g/mol. The van der Waals surface area contributed by atoms with Gasteiger partial charge in [-0.15, -0.1) is 54.1 Å². The van der Waals surface area contributed by atoms with Gasteiger partial charge in [-0.2, -0.15) is 0 Å². The van der Waals surface area contributed by atoms with E-state index in [1.165, 1.54) is 11.6 Å². The number of aryl methyl sites for hydroxylation is 4. The Kier molecular flexibility index (Phi) is 8.33. The Hall–Kier alpha value is -4.44. The molecule has 0 saturated heterocycles. The van der Waals surface area contributed by atoms with Crippen molar-refractivity contribution >= 4 is 22.1 Å². The van der Waals surface area contributed by atoms with Gasteiger partial charge in [0.05, 0.1) is 5.58 Å². The molecule has 3 aromatic carbocycles. The number of hydrogen-bond acceptors (Lipinski definition) is 4. The van der Waals surface area contributed by atoms with Crippen molar-refractivity contribution in [2.45, 2.75) is 52.8 Å². The largest absolute Gasteiger partial charge is 0.486 e. The molecule has 0 spiro atoms. The fourth-order valence-electron chi connectivity index (χ4n) is 5.01. The molecule has 4 heterocycles.